The molecule has 2 unspecified atom stereocenters. The van der Waals surface area contributed by atoms with Gasteiger partial charge >= 0.3 is 0 Å². The molecule has 74 valence electrons. The summed E-state index contributed by atoms with van der Waals surface area (Å²) in [5.74, 6) is 0.103. The van der Waals surface area contributed by atoms with Crippen LogP contribution in [0.5, 0.6) is 0 Å². The topological polar surface area (TPSA) is 17.1 Å². The molecule has 2 atom stereocenters. The Labute approximate surface area is 79.0 Å². The molecule has 1 nitrogen and oxygen atoms in total. The van der Waals surface area contributed by atoms with Crippen molar-refractivity contribution in [1.82, 2.24) is 0 Å². The highest BCUT2D eigenvalue weighted by Crippen LogP contribution is 2.30. The number of rotatable bonds is 2. The molecule has 1 rings (SSSR count). The van der Waals surface area contributed by atoms with Crippen LogP contribution in [0.15, 0.2) is 11.9 Å². The SMILES string of the molecule is C/C(F)=C/C(=O)C1CCCCC1C. The van der Waals surface area contributed by atoms with E-state index in [1.165, 1.54) is 13.3 Å². The molecule has 0 saturated heterocycles. The number of carbonyl (C=O) groups excluding carboxylic acids is 1. The van der Waals surface area contributed by atoms with Crippen LogP contribution in [-0.2, 0) is 4.79 Å². The molecule has 0 heterocycles. The molecule has 13 heavy (non-hydrogen) atoms. The van der Waals surface area contributed by atoms with Crippen molar-refractivity contribution < 1.29 is 9.18 Å². The summed E-state index contributed by atoms with van der Waals surface area (Å²) in [6.45, 7) is 3.41. The molecule has 0 radical (unpaired) electrons. The van der Waals surface area contributed by atoms with Crippen molar-refractivity contribution in [2.45, 2.75) is 39.5 Å². The third-order valence-corrected chi connectivity index (χ3v) is 2.82. The van der Waals surface area contributed by atoms with Crippen molar-refractivity contribution in [3.8, 4) is 0 Å². The van der Waals surface area contributed by atoms with Gasteiger partial charge < -0.3 is 0 Å². The number of allylic oxidation sites excluding steroid dienone is 2. The largest absolute Gasteiger partial charge is 0.294 e. The zero-order valence-electron chi connectivity index (χ0n) is 8.35. The molecule has 1 saturated carbocycles. The highest BCUT2D eigenvalue weighted by atomic mass is 19.1. The fraction of sp³-hybridized carbons (Fsp3) is 0.727. The monoisotopic (exact) mass is 184 g/mol. The third kappa shape index (κ3) is 2.94. The van der Waals surface area contributed by atoms with Crippen LogP contribution in [-0.4, -0.2) is 5.78 Å². The fourth-order valence-electron chi connectivity index (χ4n) is 2.04. The first kappa shape index (κ1) is 10.4. The summed E-state index contributed by atoms with van der Waals surface area (Å²) in [6, 6.07) is 0. The first-order valence-corrected chi connectivity index (χ1v) is 4.99. The molecule has 0 N–H and O–H groups in total. The van der Waals surface area contributed by atoms with Gasteiger partial charge in [0.05, 0.1) is 0 Å². The maximum atomic E-state index is 12.5. The number of ketones is 1. The summed E-state index contributed by atoms with van der Waals surface area (Å²) >= 11 is 0. The minimum atomic E-state index is -0.372. The highest BCUT2D eigenvalue weighted by Gasteiger charge is 2.26. The van der Waals surface area contributed by atoms with Crippen LogP contribution < -0.4 is 0 Å². The van der Waals surface area contributed by atoms with Gasteiger partial charge in [-0.2, -0.15) is 0 Å². The van der Waals surface area contributed by atoms with Crippen LogP contribution in [0.25, 0.3) is 0 Å². The highest BCUT2D eigenvalue weighted by molar-refractivity contribution is 5.92. The lowest BCUT2D eigenvalue weighted by atomic mass is 9.78. The summed E-state index contributed by atoms with van der Waals surface area (Å²) in [7, 11) is 0. The predicted octanol–water partition coefficient (Wildman–Crippen LogP) is 3.26. The Morgan fingerprint density at radius 1 is 1.38 bits per heavy atom. The minimum Gasteiger partial charge on any atom is -0.294 e. The molecule has 0 aromatic heterocycles. The van der Waals surface area contributed by atoms with Gasteiger partial charge in [-0.3, -0.25) is 4.79 Å². The number of hydrogen-bond donors (Lipinski definition) is 0. The molecular formula is C11H17FO. The van der Waals surface area contributed by atoms with Crippen LogP contribution in [0.3, 0.4) is 0 Å². The zero-order valence-corrected chi connectivity index (χ0v) is 8.35. The third-order valence-electron chi connectivity index (χ3n) is 2.82. The van der Waals surface area contributed by atoms with Crippen LogP contribution >= 0.6 is 0 Å². The van der Waals surface area contributed by atoms with Gasteiger partial charge in [0.15, 0.2) is 5.78 Å². The summed E-state index contributed by atoms with van der Waals surface area (Å²) in [4.78, 5) is 11.5. The quantitative estimate of drug-likeness (QED) is 0.602. The Morgan fingerprint density at radius 3 is 2.54 bits per heavy atom. The van der Waals surface area contributed by atoms with Crippen LogP contribution in [0.1, 0.15) is 39.5 Å². The molecule has 0 amide bonds. The normalized spacial score (nSPS) is 30.2. The molecule has 0 bridgehead atoms. The Kier molecular flexibility index (Phi) is 3.64. The average Bonchev–Trinajstić information content (AvgIpc) is 2.03. The molecule has 1 aliphatic rings. The van der Waals surface area contributed by atoms with Crippen LogP contribution in [0, 0.1) is 11.8 Å². The summed E-state index contributed by atoms with van der Waals surface area (Å²) in [5.41, 5.74) is 0. The molecule has 0 aromatic carbocycles. The van der Waals surface area contributed by atoms with Crippen molar-refractivity contribution in [2.75, 3.05) is 0 Å². The standard InChI is InChI=1S/C11H17FO/c1-8-5-3-4-6-10(8)11(13)7-9(2)12/h7-8,10H,3-6H2,1-2H3/b9-7-. The molecule has 1 aliphatic carbocycles. The van der Waals surface area contributed by atoms with E-state index in [2.05, 4.69) is 6.92 Å². The van der Waals surface area contributed by atoms with Crippen molar-refractivity contribution in [3.63, 3.8) is 0 Å². The minimum absolute atomic E-state index is 0.0211. The molecule has 1 fully saturated rings. The van der Waals surface area contributed by atoms with Gasteiger partial charge in [0.25, 0.3) is 0 Å². The lowest BCUT2D eigenvalue weighted by Gasteiger charge is -2.26. The van der Waals surface area contributed by atoms with E-state index in [-0.39, 0.29) is 17.5 Å². The van der Waals surface area contributed by atoms with Crippen molar-refractivity contribution in [2.24, 2.45) is 11.8 Å². The van der Waals surface area contributed by atoms with Gasteiger partial charge in [0.2, 0.25) is 0 Å². The first-order valence-electron chi connectivity index (χ1n) is 4.99. The second-order valence-corrected chi connectivity index (χ2v) is 4.00. The van der Waals surface area contributed by atoms with Crippen LogP contribution in [0.2, 0.25) is 0 Å². The average molecular weight is 184 g/mol. The smallest absolute Gasteiger partial charge is 0.161 e. The van der Waals surface area contributed by atoms with E-state index < -0.39 is 0 Å². The van der Waals surface area contributed by atoms with E-state index in [1.807, 2.05) is 0 Å². The Hall–Kier alpha value is -0.660. The first-order chi connectivity index (χ1) is 6.11. The molecule has 0 aliphatic heterocycles. The van der Waals surface area contributed by atoms with E-state index >= 15 is 0 Å². The molecular weight excluding hydrogens is 167 g/mol. The lowest BCUT2D eigenvalue weighted by Crippen LogP contribution is -2.23. The Bertz CT molecular complexity index is 216. The second-order valence-electron chi connectivity index (χ2n) is 4.00. The van der Waals surface area contributed by atoms with Gasteiger partial charge in [-0.05, 0) is 19.3 Å². The van der Waals surface area contributed by atoms with Gasteiger partial charge in [-0.1, -0.05) is 26.2 Å². The number of halogens is 1. The van der Waals surface area contributed by atoms with Gasteiger partial charge in [-0.25, -0.2) is 4.39 Å². The van der Waals surface area contributed by atoms with Crippen LogP contribution in [0.4, 0.5) is 4.39 Å². The maximum absolute atomic E-state index is 12.5. The summed E-state index contributed by atoms with van der Waals surface area (Å²) < 4.78 is 12.5. The molecule has 0 spiro atoms. The van der Waals surface area contributed by atoms with Crippen molar-refractivity contribution in [1.29, 1.82) is 0 Å². The number of hydrogen-bond acceptors (Lipinski definition) is 1. The predicted molar refractivity (Wildman–Crippen MR) is 51.0 cm³/mol. The lowest BCUT2D eigenvalue weighted by molar-refractivity contribution is -0.120. The van der Waals surface area contributed by atoms with Crippen molar-refractivity contribution >= 4 is 5.78 Å². The summed E-state index contributed by atoms with van der Waals surface area (Å²) in [5, 5.41) is 0. The van der Waals surface area contributed by atoms with E-state index in [1.54, 1.807) is 0 Å². The number of carbonyl (C=O) groups is 1. The second kappa shape index (κ2) is 4.54. The Morgan fingerprint density at radius 2 is 2.00 bits per heavy atom. The summed E-state index contributed by atoms with van der Waals surface area (Å²) in [6.07, 6.45) is 5.51. The molecule has 0 aromatic rings. The zero-order chi connectivity index (χ0) is 9.84. The fourth-order valence-corrected chi connectivity index (χ4v) is 2.04. The van der Waals surface area contributed by atoms with Gasteiger partial charge in [-0.15, -0.1) is 0 Å². The van der Waals surface area contributed by atoms with Gasteiger partial charge in [0.1, 0.15) is 5.83 Å². The van der Waals surface area contributed by atoms with Crippen molar-refractivity contribution in [3.05, 3.63) is 11.9 Å². The van der Waals surface area contributed by atoms with E-state index in [9.17, 15) is 9.18 Å². The van der Waals surface area contributed by atoms with E-state index in [4.69, 9.17) is 0 Å². The van der Waals surface area contributed by atoms with Gasteiger partial charge in [0, 0.05) is 12.0 Å². The molecule has 2 heteroatoms. The van der Waals surface area contributed by atoms with E-state index in [0.717, 1.165) is 25.3 Å². The maximum Gasteiger partial charge on any atom is 0.161 e. The van der Waals surface area contributed by atoms with E-state index in [0.29, 0.717) is 5.92 Å². The Balaban J connectivity index is 2.59.